The lowest BCUT2D eigenvalue weighted by atomic mass is 10.0. The first-order valence-electron chi connectivity index (χ1n) is 9.47. The Labute approximate surface area is 174 Å². The van der Waals surface area contributed by atoms with E-state index in [1.165, 1.54) is 19.1 Å². The molecule has 11 heteroatoms. The zero-order chi connectivity index (χ0) is 22.7. The summed E-state index contributed by atoms with van der Waals surface area (Å²) < 4.78 is 0. The first kappa shape index (κ1) is 24.9. The van der Waals surface area contributed by atoms with Crippen LogP contribution in [0.2, 0.25) is 0 Å². The van der Waals surface area contributed by atoms with Gasteiger partial charge in [-0.25, -0.2) is 0 Å². The van der Waals surface area contributed by atoms with Crippen molar-refractivity contribution in [1.29, 1.82) is 0 Å². The largest absolute Gasteiger partial charge is 0.508 e. The molecule has 1 aromatic rings. The van der Waals surface area contributed by atoms with Gasteiger partial charge in [-0.05, 0) is 37.5 Å². The molecule has 0 aromatic heterocycles. The molecule has 2 amide bonds. The number of aldehydes is 1. The van der Waals surface area contributed by atoms with E-state index in [0.29, 0.717) is 31.2 Å². The van der Waals surface area contributed by atoms with Gasteiger partial charge < -0.3 is 42.8 Å². The van der Waals surface area contributed by atoms with Crippen molar-refractivity contribution in [1.82, 2.24) is 10.6 Å². The third-order valence-corrected chi connectivity index (χ3v) is 4.29. The van der Waals surface area contributed by atoms with Crippen LogP contribution >= 0.6 is 0 Å². The van der Waals surface area contributed by atoms with E-state index in [2.05, 4.69) is 15.6 Å². The fraction of sp³-hybridized carbons (Fsp3) is 0.474. The number of phenols is 1. The average Bonchev–Trinajstić information content (AvgIpc) is 2.69. The maximum absolute atomic E-state index is 12.7. The summed E-state index contributed by atoms with van der Waals surface area (Å²) in [5.74, 6) is -1.20. The molecule has 0 aliphatic rings. The third-order valence-electron chi connectivity index (χ3n) is 4.29. The average molecular weight is 422 g/mol. The Hall–Kier alpha value is -3.18. The number of carbonyl (C=O) groups excluding carboxylic acids is 3. The van der Waals surface area contributed by atoms with Gasteiger partial charge in [0.05, 0.1) is 12.1 Å². The number of guanidine groups is 1. The van der Waals surface area contributed by atoms with Gasteiger partial charge in [0, 0.05) is 13.0 Å². The first-order chi connectivity index (χ1) is 14.1. The molecule has 0 spiro atoms. The fourth-order valence-electron chi connectivity index (χ4n) is 2.54. The summed E-state index contributed by atoms with van der Waals surface area (Å²) in [7, 11) is 0. The molecule has 0 bridgehead atoms. The molecule has 1 aromatic carbocycles. The third kappa shape index (κ3) is 8.88. The van der Waals surface area contributed by atoms with E-state index in [1.807, 2.05) is 0 Å². The highest BCUT2D eigenvalue weighted by Crippen LogP contribution is 2.12. The molecule has 0 saturated carbocycles. The van der Waals surface area contributed by atoms with Gasteiger partial charge in [-0.2, -0.15) is 0 Å². The summed E-state index contributed by atoms with van der Waals surface area (Å²) in [6.45, 7) is 1.68. The summed E-state index contributed by atoms with van der Waals surface area (Å²) >= 11 is 0. The molecular formula is C19H30N6O5. The normalized spacial score (nSPS) is 14.6. The van der Waals surface area contributed by atoms with E-state index in [-0.39, 0.29) is 18.1 Å². The Balaban J connectivity index is 2.84. The van der Waals surface area contributed by atoms with Gasteiger partial charge in [-0.1, -0.05) is 12.1 Å². The Kier molecular flexibility index (Phi) is 10.3. The zero-order valence-corrected chi connectivity index (χ0v) is 16.8. The number of hydrogen-bond donors (Lipinski definition) is 7. The number of rotatable bonds is 12. The van der Waals surface area contributed by atoms with Crippen molar-refractivity contribution in [3.63, 3.8) is 0 Å². The molecule has 0 radical (unpaired) electrons. The van der Waals surface area contributed by atoms with E-state index in [4.69, 9.17) is 17.2 Å². The van der Waals surface area contributed by atoms with Crippen LogP contribution in [0.15, 0.2) is 29.3 Å². The van der Waals surface area contributed by atoms with Crippen molar-refractivity contribution in [2.24, 2.45) is 22.2 Å². The summed E-state index contributed by atoms with van der Waals surface area (Å²) in [5, 5.41) is 24.0. The topological polar surface area (TPSA) is 206 Å². The summed E-state index contributed by atoms with van der Waals surface area (Å²) in [6.07, 6.45) is 0.160. The molecule has 0 aliphatic heterocycles. The maximum atomic E-state index is 12.7. The van der Waals surface area contributed by atoms with Gasteiger partial charge in [0.25, 0.3) is 0 Å². The second-order valence-corrected chi connectivity index (χ2v) is 6.90. The molecule has 1 rings (SSSR count). The molecule has 4 atom stereocenters. The molecule has 0 fully saturated rings. The minimum absolute atomic E-state index is 0.0542. The van der Waals surface area contributed by atoms with Gasteiger partial charge in [-0.15, -0.1) is 0 Å². The van der Waals surface area contributed by atoms with E-state index < -0.39 is 36.0 Å². The number of nitrogens with two attached hydrogens (primary N) is 3. The fourth-order valence-corrected chi connectivity index (χ4v) is 2.54. The quantitative estimate of drug-likeness (QED) is 0.0854. The van der Waals surface area contributed by atoms with Crippen LogP contribution in [0, 0.1) is 0 Å². The first-order valence-corrected chi connectivity index (χ1v) is 9.47. The number of aliphatic hydroxyl groups excluding tert-OH is 1. The number of aliphatic imine (C=N–C) groups is 1. The predicted molar refractivity (Wildman–Crippen MR) is 111 cm³/mol. The van der Waals surface area contributed by atoms with Crippen molar-refractivity contribution in [3.05, 3.63) is 29.8 Å². The molecule has 30 heavy (non-hydrogen) atoms. The summed E-state index contributed by atoms with van der Waals surface area (Å²) in [6, 6.07) is 3.04. The smallest absolute Gasteiger partial charge is 0.243 e. The number of phenolic OH excluding ortho intramolecular Hbond substituents is 1. The van der Waals surface area contributed by atoms with Gasteiger partial charge >= 0.3 is 0 Å². The second kappa shape index (κ2) is 12.4. The molecule has 10 N–H and O–H groups in total. The minimum Gasteiger partial charge on any atom is -0.508 e. The monoisotopic (exact) mass is 422 g/mol. The molecule has 0 heterocycles. The van der Waals surface area contributed by atoms with Crippen molar-refractivity contribution in [2.75, 3.05) is 6.54 Å². The van der Waals surface area contributed by atoms with Crippen molar-refractivity contribution >= 4 is 24.1 Å². The summed E-state index contributed by atoms with van der Waals surface area (Å²) in [5.41, 5.74) is 17.0. The number of amides is 2. The second-order valence-electron chi connectivity index (χ2n) is 6.90. The number of benzene rings is 1. The van der Waals surface area contributed by atoms with E-state index in [1.54, 1.807) is 12.1 Å². The molecule has 0 saturated heterocycles. The molecule has 166 valence electrons. The Morgan fingerprint density at radius 1 is 1.17 bits per heavy atom. The van der Waals surface area contributed by atoms with Crippen LogP contribution in [0.3, 0.4) is 0 Å². The van der Waals surface area contributed by atoms with Crippen molar-refractivity contribution in [2.45, 2.75) is 50.4 Å². The van der Waals surface area contributed by atoms with Gasteiger partial charge in [0.1, 0.15) is 24.1 Å². The highest BCUT2D eigenvalue weighted by Gasteiger charge is 2.27. The standard InChI is InChI=1S/C19H30N6O5/c1-11(27)16(10-26)25-18(30)15(9-12-4-6-13(28)7-5-12)24-17(29)14(20)3-2-8-23-19(21)22/h4-7,10-11,14-16,27-28H,2-3,8-9,20H2,1H3,(H,24,29)(H,25,30)(H4,21,22,23)/t11-,14+,15+,16-/m1/s1. The molecular weight excluding hydrogens is 392 g/mol. The van der Waals surface area contributed by atoms with Gasteiger partial charge in [0.15, 0.2) is 5.96 Å². The Bertz CT molecular complexity index is 733. The Morgan fingerprint density at radius 3 is 2.33 bits per heavy atom. The van der Waals surface area contributed by atoms with E-state index >= 15 is 0 Å². The lowest BCUT2D eigenvalue weighted by Crippen LogP contribution is -2.55. The lowest BCUT2D eigenvalue weighted by molar-refractivity contribution is -0.131. The molecule has 11 nitrogen and oxygen atoms in total. The lowest BCUT2D eigenvalue weighted by Gasteiger charge is -2.23. The van der Waals surface area contributed by atoms with Crippen LogP contribution in [0.4, 0.5) is 0 Å². The SMILES string of the molecule is C[C@@H](O)[C@@H](C=O)NC(=O)[C@H](Cc1ccc(O)cc1)NC(=O)[C@@H](N)CCCN=C(N)N. The van der Waals surface area contributed by atoms with Crippen LogP contribution in [0.1, 0.15) is 25.3 Å². The highest BCUT2D eigenvalue weighted by atomic mass is 16.3. The maximum Gasteiger partial charge on any atom is 0.243 e. The predicted octanol–water partition coefficient (Wildman–Crippen LogP) is -2.14. The highest BCUT2D eigenvalue weighted by molar-refractivity contribution is 5.91. The number of hydrogen-bond acceptors (Lipinski definition) is 7. The van der Waals surface area contributed by atoms with Gasteiger partial charge in [0.2, 0.25) is 11.8 Å². The van der Waals surface area contributed by atoms with Crippen LogP contribution in [0.25, 0.3) is 0 Å². The Morgan fingerprint density at radius 2 is 1.80 bits per heavy atom. The number of carbonyl (C=O) groups is 3. The molecule has 0 aliphatic carbocycles. The number of aromatic hydroxyl groups is 1. The minimum atomic E-state index is -1.12. The number of nitrogens with zero attached hydrogens (tertiary/aromatic N) is 1. The van der Waals surface area contributed by atoms with Crippen LogP contribution in [0.5, 0.6) is 5.75 Å². The number of aliphatic hydroxyl groups is 1. The molecule has 0 unspecified atom stereocenters. The number of nitrogens with one attached hydrogen (secondary N) is 2. The van der Waals surface area contributed by atoms with Crippen LogP contribution in [-0.2, 0) is 20.8 Å². The van der Waals surface area contributed by atoms with Crippen molar-refractivity contribution < 1.29 is 24.6 Å². The van der Waals surface area contributed by atoms with Crippen molar-refractivity contribution in [3.8, 4) is 5.75 Å². The van der Waals surface area contributed by atoms with Crippen LogP contribution in [-0.4, -0.2) is 65.0 Å². The van der Waals surface area contributed by atoms with E-state index in [9.17, 15) is 24.6 Å². The zero-order valence-electron chi connectivity index (χ0n) is 16.8. The van der Waals surface area contributed by atoms with Crippen LogP contribution < -0.4 is 27.8 Å². The van der Waals surface area contributed by atoms with E-state index in [0.717, 1.165) is 0 Å². The van der Waals surface area contributed by atoms with Gasteiger partial charge in [-0.3, -0.25) is 14.6 Å². The summed E-state index contributed by atoms with van der Waals surface area (Å²) in [4.78, 5) is 40.0.